The maximum Gasteiger partial charge on any atom is 0.0583 e. The molecule has 156 valence electrons. The molecule has 0 aliphatic heterocycles. The van der Waals surface area contributed by atoms with E-state index in [0.29, 0.717) is 11.3 Å². The Morgan fingerprint density at radius 2 is 1.93 bits per heavy atom. The molecule has 0 aromatic heterocycles. The van der Waals surface area contributed by atoms with Gasteiger partial charge in [0, 0.05) is 0 Å². The molecule has 1 nitrogen and oxygen atoms in total. The first-order chi connectivity index (χ1) is 13.3. The molecule has 0 radical (unpaired) electrons. The van der Waals surface area contributed by atoms with Crippen molar-refractivity contribution in [1.29, 1.82) is 0 Å². The zero-order valence-electron chi connectivity index (χ0n) is 18.7. The average molecular weight is 383 g/mol. The van der Waals surface area contributed by atoms with E-state index in [2.05, 4.69) is 58.6 Å². The second-order valence-corrected chi connectivity index (χ2v) is 10.4. The molecule has 3 aliphatic rings. The van der Waals surface area contributed by atoms with Gasteiger partial charge in [-0.1, -0.05) is 69.7 Å². The normalized spacial score (nSPS) is 37.9. The number of hydrogen-bond donors (Lipinski definition) is 1. The summed E-state index contributed by atoms with van der Waals surface area (Å²) in [6, 6.07) is 0. The van der Waals surface area contributed by atoms with Gasteiger partial charge in [0.2, 0.25) is 0 Å². The number of allylic oxidation sites excluding steroid dienone is 6. The van der Waals surface area contributed by atoms with Gasteiger partial charge in [0.25, 0.3) is 0 Å². The monoisotopic (exact) mass is 382 g/mol. The lowest BCUT2D eigenvalue weighted by molar-refractivity contribution is 0.112. The summed E-state index contributed by atoms with van der Waals surface area (Å²) in [5.41, 5.74) is 4.62. The topological polar surface area (TPSA) is 20.2 Å². The molecule has 0 heterocycles. The van der Waals surface area contributed by atoms with E-state index in [1.165, 1.54) is 49.7 Å². The van der Waals surface area contributed by atoms with Crippen LogP contribution in [-0.2, 0) is 0 Å². The van der Waals surface area contributed by atoms with E-state index >= 15 is 0 Å². The van der Waals surface area contributed by atoms with Gasteiger partial charge < -0.3 is 5.11 Å². The van der Waals surface area contributed by atoms with Crippen LogP contribution < -0.4 is 0 Å². The van der Waals surface area contributed by atoms with E-state index in [1.54, 1.807) is 5.57 Å². The second-order valence-electron chi connectivity index (χ2n) is 10.4. The van der Waals surface area contributed by atoms with Crippen molar-refractivity contribution in [1.82, 2.24) is 0 Å². The predicted octanol–water partition coefficient (Wildman–Crippen LogP) is 7.40. The fourth-order valence-electron chi connectivity index (χ4n) is 6.24. The number of hydrogen-bond acceptors (Lipinski definition) is 1. The first-order valence-corrected chi connectivity index (χ1v) is 11.7. The smallest absolute Gasteiger partial charge is 0.0583 e. The van der Waals surface area contributed by atoms with Crippen molar-refractivity contribution in [3.63, 3.8) is 0 Å². The van der Waals surface area contributed by atoms with Crippen molar-refractivity contribution >= 4 is 0 Å². The van der Waals surface area contributed by atoms with Gasteiger partial charge in [-0.2, -0.15) is 0 Å². The van der Waals surface area contributed by atoms with Crippen LogP contribution in [0.15, 0.2) is 47.6 Å². The van der Waals surface area contributed by atoms with Crippen molar-refractivity contribution in [2.24, 2.45) is 29.1 Å². The van der Waals surface area contributed by atoms with Crippen molar-refractivity contribution in [3.8, 4) is 0 Å². The van der Waals surface area contributed by atoms with Crippen LogP contribution in [0.25, 0.3) is 0 Å². The molecule has 3 fully saturated rings. The summed E-state index contributed by atoms with van der Waals surface area (Å²) < 4.78 is 0. The molecule has 0 saturated heterocycles. The molecule has 0 spiro atoms. The van der Waals surface area contributed by atoms with Crippen molar-refractivity contribution in [2.75, 3.05) is 0 Å². The second kappa shape index (κ2) is 9.16. The van der Waals surface area contributed by atoms with Gasteiger partial charge in [-0.15, -0.1) is 0 Å². The van der Waals surface area contributed by atoms with Gasteiger partial charge in [0.15, 0.2) is 0 Å². The van der Waals surface area contributed by atoms with Crippen LogP contribution in [0.3, 0.4) is 0 Å². The summed E-state index contributed by atoms with van der Waals surface area (Å²) >= 11 is 0. The van der Waals surface area contributed by atoms with Crippen LogP contribution in [0.5, 0.6) is 0 Å². The number of fused-ring (bicyclic) bond motifs is 1. The predicted molar refractivity (Wildman–Crippen MR) is 121 cm³/mol. The average Bonchev–Trinajstić information content (AvgIpc) is 2.99. The van der Waals surface area contributed by atoms with Gasteiger partial charge in [0.05, 0.1) is 6.10 Å². The molecule has 1 heteroatoms. The van der Waals surface area contributed by atoms with E-state index < -0.39 is 0 Å². The minimum atomic E-state index is -0.180. The Morgan fingerprint density at radius 3 is 2.68 bits per heavy atom. The third-order valence-electron chi connectivity index (χ3n) is 7.91. The number of rotatable bonds is 5. The molecule has 1 N–H and O–H groups in total. The highest BCUT2D eigenvalue weighted by Crippen LogP contribution is 2.59. The minimum Gasteiger partial charge on any atom is -0.393 e. The molecule has 0 amide bonds. The third-order valence-corrected chi connectivity index (χ3v) is 7.91. The fourth-order valence-corrected chi connectivity index (χ4v) is 6.24. The highest BCUT2D eigenvalue weighted by atomic mass is 16.3. The molecule has 0 bridgehead atoms. The molecule has 5 atom stereocenters. The molecular formula is C27H42O. The number of aliphatic hydroxyl groups excluding tert-OH is 1. The molecule has 3 saturated carbocycles. The lowest BCUT2D eigenvalue weighted by atomic mass is 9.61. The van der Waals surface area contributed by atoms with Gasteiger partial charge in [0.1, 0.15) is 0 Å². The van der Waals surface area contributed by atoms with Gasteiger partial charge >= 0.3 is 0 Å². The van der Waals surface area contributed by atoms with Crippen LogP contribution in [0.2, 0.25) is 0 Å². The molecule has 3 aliphatic carbocycles. The summed E-state index contributed by atoms with van der Waals surface area (Å²) in [5, 5.41) is 10.0. The van der Waals surface area contributed by atoms with Gasteiger partial charge in [-0.05, 0) is 92.4 Å². The van der Waals surface area contributed by atoms with Crippen LogP contribution in [-0.4, -0.2) is 11.2 Å². The van der Waals surface area contributed by atoms with Crippen LogP contribution >= 0.6 is 0 Å². The van der Waals surface area contributed by atoms with E-state index in [1.807, 2.05) is 0 Å². The SMILES string of the molecule is C=C1CC[C@H](O)C/C1=C/C=C1\CCC[C@]2(C)[C@@H]([C@H](C)/C=C\CC(C)C)CC[C@@H]12. The summed E-state index contributed by atoms with van der Waals surface area (Å²) in [4.78, 5) is 0. The molecule has 28 heavy (non-hydrogen) atoms. The maximum absolute atomic E-state index is 10.0. The van der Waals surface area contributed by atoms with Crippen molar-refractivity contribution < 1.29 is 5.11 Å². The highest BCUT2D eigenvalue weighted by molar-refractivity contribution is 5.36. The Labute approximate surface area is 173 Å². The van der Waals surface area contributed by atoms with E-state index in [0.717, 1.165) is 37.0 Å². The lowest BCUT2D eigenvalue weighted by Gasteiger charge is -2.44. The van der Waals surface area contributed by atoms with Crippen molar-refractivity contribution in [2.45, 2.75) is 91.6 Å². The van der Waals surface area contributed by atoms with Crippen molar-refractivity contribution in [3.05, 3.63) is 47.6 Å². The lowest BCUT2D eigenvalue weighted by Crippen LogP contribution is -2.35. The zero-order valence-corrected chi connectivity index (χ0v) is 18.7. The zero-order chi connectivity index (χ0) is 20.3. The van der Waals surface area contributed by atoms with E-state index in [-0.39, 0.29) is 6.10 Å². The first kappa shape index (κ1) is 21.6. The Bertz CT molecular complexity index is 649. The largest absolute Gasteiger partial charge is 0.393 e. The summed E-state index contributed by atoms with van der Waals surface area (Å²) in [5.74, 6) is 2.98. The Morgan fingerprint density at radius 1 is 1.14 bits per heavy atom. The standard InChI is InChI=1S/C27H42O/c1-19(2)8-6-9-21(4)25-15-16-26-22(10-7-17-27(25,26)5)12-13-23-18-24(28)14-11-20(23)3/h6,9,12-13,19,21,24-26,28H,3,7-8,10-11,14-18H2,1-2,4-5H3/b9-6-,22-12+,23-13-/t21-,24+,25-,26+,27-/m1/s1. The molecular weight excluding hydrogens is 340 g/mol. The van der Waals surface area contributed by atoms with Crippen LogP contribution in [0.1, 0.15) is 85.5 Å². The number of aliphatic hydroxyl groups is 1. The fraction of sp³-hybridized carbons (Fsp3) is 0.704. The van der Waals surface area contributed by atoms with Crippen LogP contribution in [0.4, 0.5) is 0 Å². The molecule has 3 rings (SSSR count). The third kappa shape index (κ3) is 4.73. The van der Waals surface area contributed by atoms with E-state index in [9.17, 15) is 5.11 Å². The summed E-state index contributed by atoms with van der Waals surface area (Å²) in [7, 11) is 0. The Hall–Kier alpha value is -1.08. The first-order valence-electron chi connectivity index (χ1n) is 11.7. The molecule has 0 aromatic carbocycles. The quantitative estimate of drug-likeness (QED) is 0.491. The maximum atomic E-state index is 10.0. The highest BCUT2D eigenvalue weighted by Gasteiger charge is 2.50. The van der Waals surface area contributed by atoms with Gasteiger partial charge in [-0.25, -0.2) is 0 Å². The molecule has 0 aromatic rings. The Kier molecular flexibility index (Phi) is 7.07. The minimum absolute atomic E-state index is 0.180. The summed E-state index contributed by atoms with van der Waals surface area (Å²) in [6.45, 7) is 13.9. The Balaban J connectivity index is 1.74. The van der Waals surface area contributed by atoms with E-state index in [4.69, 9.17) is 0 Å². The van der Waals surface area contributed by atoms with Gasteiger partial charge in [-0.3, -0.25) is 0 Å². The van der Waals surface area contributed by atoms with Crippen LogP contribution in [0, 0.1) is 29.1 Å². The molecule has 0 unspecified atom stereocenters. The summed E-state index contributed by atoms with van der Waals surface area (Å²) in [6.07, 6.45) is 19.9.